The van der Waals surface area contributed by atoms with Gasteiger partial charge in [0.05, 0.1) is 7.11 Å². The summed E-state index contributed by atoms with van der Waals surface area (Å²) in [6.45, 7) is 1.95. The fraction of sp³-hybridized carbons (Fsp3) is 0.300. The van der Waals surface area contributed by atoms with Gasteiger partial charge in [0, 0.05) is 5.56 Å². The molecule has 0 bridgehead atoms. The van der Waals surface area contributed by atoms with Crippen molar-refractivity contribution in [3.05, 3.63) is 29.3 Å². The molecule has 1 rings (SSSR count). The van der Waals surface area contributed by atoms with Crippen molar-refractivity contribution in [2.24, 2.45) is 0 Å². The van der Waals surface area contributed by atoms with Gasteiger partial charge >= 0.3 is 6.16 Å². The zero-order valence-electron chi connectivity index (χ0n) is 8.11. The summed E-state index contributed by atoms with van der Waals surface area (Å²) < 4.78 is 9.53. The highest BCUT2D eigenvalue weighted by Gasteiger charge is 2.05. The van der Waals surface area contributed by atoms with Crippen molar-refractivity contribution in [1.29, 1.82) is 0 Å². The Morgan fingerprint density at radius 1 is 1.50 bits per heavy atom. The number of ether oxygens (including phenoxy) is 2. The second kappa shape index (κ2) is 4.50. The third-order valence-electron chi connectivity index (χ3n) is 1.79. The summed E-state index contributed by atoms with van der Waals surface area (Å²) in [6.07, 6.45) is -1.28. The Morgan fingerprint density at radius 2 is 2.21 bits per heavy atom. The summed E-state index contributed by atoms with van der Waals surface area (Å²) >= 11 is 0. The molecule has 0 saturated carbocycles. The topological polar surface area (TPSA) is 55.8 Å². The molecule has 0 aliphatic rings. The van der Waals surface area contributed by atoms with Crippen LogP contribution in [0.25, 0.3) is 0 Å². The van der Waals surface area contributed by atoms with Gasteiger partial charge in [0.15, 0.2) is 0 Å². The first-order valence-corrected chi connectivity index (χ1v) is 4.12. The van der Waals surface area contributed by atoms with E-state index >= 15 is 0 Å². The first-order chi connectivity index (χ1) is 6.63. The zero-order chi connectivity index (χ0) is 10.6. The number of aryl methyl sites for hydroxylation is 1. The fourth-order valence-corrected chi connectivity index (χ4v) is 1.11. The van der Waals surface area contributed by atoms with Crippen LogP contribution in [-0.4, -0.2) is 18.4 Å². The number of rotatable bonds is 3. The van der Waals surface area contributed by atoms with Gasteiger partial charge in [0.25, 0.3) is 0 Å². The lowest BCUT2D eigenvalue weighted by molar-refractivity contribution is 0.0847. The van der Waals surface area contributed by atoms with Gasteiger partial charge in [-0.1, -0.05) is 12.1 Å². The molecule has 0 atom stereocenters. The number of methoxy groups -OCH3 is 1. The number of carbonyl (C=O) groups is 1. The molecule has 0 aliphatic heterocycles. The predicted molar refractivity (Wildman–Crippen MR) is 50.5 cm³/mol. The van der Waals surface area contributed by atoms with Gasteiger partial charge in [-0.05, 0) is 18.6 Å². The van der Waals surface area contributed by atoms with Crippen molar-refractivity contribution in [3.63, 3.8) is 0 Å². The van der Waals surface area contributed by atoms with Gasteiger partial charge in [-0.15, -0.1) is 0 Å². The second-order valence-electron chi connectivity index (χ2n) is 2.87. The van der Waals surface area contributed by atoms with Gasteiger partial charge in [0.1, 0.15) is 12.4 Å². The molecule has 1 aromatic carbocycles. The molecular weight excluding hydrogens is 184 g/mol. The summed E-state index contributed by atoms with van der Waals surface area (Å²) in [5.74, 6) is 0.645. The molecule has 0 aromatic heterocycles. The third-order valence-corrected chi connectivity index (χ3v) is 1.79. The minimum Gasteiger partial charge on any atom is -0.496 e. The Morgan fingerprint density at radius 3 is 2.79 bits per heavy atom. The van der Waals surface area contributed by atoms with Crippen molar-refractivity contribution in [3.8, 4) is 5.75 Å². The molecule has 1 N–H and O–H groups in total. The highest BCUT2D eigenvalue weighted by molar-refractivity contribution is 5.57. The molecule has 0 heterocycles. The first kappa shape index (κ1) is 10.4. The van der Waals surface area contributed by atoms with E-state index in [0.717, 1.165) is 11.1 Å². The minimum atomic E-state index is -1.28. The van der Waals surface area contributed by atoms with Gasteiger partial charge in [0.2, 0.25) is 0 Å². The molecule has 0 aliphatic carbocycles. The number of carboxylic acid groups (broad SMARTS) is 1. The van der Waals surface area contributed by atoms with Crippen LogP contribution in [0.3, 0.4) is 0 Å². The Labute approximate surface area is 82.1 Å². The van der Waals surface area contributed by atoms with E-state index in [1.165, 1.54) is 0 Å². The van der Waals surface area contributed by atoms with E-state index in [4.69, 9.17) is 9.84 Å². The highest BCUT2D eigenvalue weighted by atomic mass is 16.7. The first-order valence-electron chi connectivity index (χ1n) is 4.12. The molecule has 4 nitrogen and oxygen atoms in total. The lowest BCUT2D eigenvalue weighted by atomic mass is 10.1. The van der Waals surface area contributed by atoms with Crippen LogP contribution in [-0.2, 0) is 11.3 Å². The number of hydrogen-bond donors (Lipinski definition) is 1. The molecule has 76 valence electrons. The van der Waals surface area contributed by atoms with E-state index in [1.54, 1.807) is 13.2 Å². The number of hydrogen-bond acceptors (Lipinski definition) is 3. The molecule has 4 heteroatoms. The largest absolute Gasteiger partial charge is 0.506 e. The smallest absolute Gasteiger partial charge is 0.496 e. The molecule has 0 spiro atoms. The maximum absolute atomic E-state index is 10.2. The van der Waals surface area contributed by atoms with Crippen molar-refractivity contribution < 1.29 is 19.4 Å². The maximum Gasteiger partial charge on any atom is 0.506 e. The molecular formula is C10H12O4. The van der Waals surface area contributed by atoms with E-state index in [-0.39, 0.29) is 6.61 Å². The summed E-state index contributed by atoms with van der Waals surface area (Å²) in [5.41, 5.74) is 1.78. The summed E-state index contributed by atoms with van der Waals surface area (Å²) in [4.78, 5) is 10.2. The average Bonchev–Trinajstić information content (AvgIpc) is 2.15. The van der Waals surface area contributed by atoms with Crippen molar-refractivity contribution in [1.82, 2.24) is 0 Å². The van der Waals surface area contributed by atoms with Crippen LogP contribution in [0.2, 0.25) is 0 Å². The Bertz CT molecular complexity index is 333. The van der Waals surface area contributed by atoms with Crippen LogP contribution < -0.4 is 4.74 Å². The van der Waals surface area contributed by atoms with E-state index < -0.39 is 6.16 Å². The highest BCUT2D eigenvalue weighted by Crippen LogP contribution is 2.20. The third kappa shape index (κ3) is 2.65. The second-order valence-corrected chi connectivity index (χ2v) is 2.87. The molecule has 0 saturated heterocycles. The van der Waals surface area contributed by atoms with Gasteiger partial charge < -0.3 is 14.6 Å². The normalized spacial score (nSPS) is 9.57. The molecule has 0 amide bonds. The predicted octanol–water partition coefficient (Wildman–Crippen LogP) is 2.20. The molecule has 0 radical (unpaired) electrons. The maximum atomic E-state index is 10.2. The van der Waals surface area contributed by atoms with Gasteiger partial charge in [-0.3, -0.25) is 0 Å². The van der Waals surface area contributed by atoms with Crippen LogP contribution in [0.4, 0.5) is 4.79 Å². The van der Waals surface area contributed by atoms with Crippen LogP contribution >= 0.6 is 0 Å². The number of benzene rings is 1. The van der Waals surface area contributed by atoms with E-state index in [1.807, 2.05) is 19.1 Å². The standard InChI is InChI=1S/C10H12O4/c1-7-3-4-8(6-14-10(11)12)9(5-7)13-2/h3-5H,6H2,1-2H3,(H,11,12). The van der Waals surface area contributed by atoms with E-state index in [0.29, 0.717) is 5.75 Å². The zero-order valence-corrected chi connectivity index (χ0v) is 8.11. The minimum absolute atomic E-state index is 0.0127. The van der Waals surface area contributed by atoms with E-state index in [9.17, 15) is 4.79 Å². The van der Waals surface area contributed by atoms with Crippen LogP contribution in [0.15, 0.2) is 18.2 Å². The van der Waals surface area contributed by atoms with Gasteiger partial charge in [-0.2, -0.15) is 0 Å². The summed E-state index contributed by atoms with van der Waals surface area (Å²) in [5, 5.41) is 8.33. The molecule has 1 aromatic rings. The van der Waals surface area contributed by atoms with Crippen molar-refractivity contribution in [2.75, 3.05) is 7.11 Å². The van der Waals surface area contributed by atoms with Crippen molar-refractivity contribution in [2.45, 2.75) is 13.5 Å². The lowest BCUT2D eigenvalue weighted by Crippen LogP contribution is -2.01. The molecule has 14 heavy (non-hydrogen) atoms. The van der Waals surface area contributed by atoms with E-state index in [2.05, 4.69) is 4.74 Å². The quantitative estimate of drug-likeness (QED) is 0.753. The Kier molecular flexibility index (Phi) is 3.34. The Hall–Kier alpha value is -1.71. The fourth-order valence-electron chi connectivity index (χ4n) is 1.11. The van der Waals surface area contributed by atoms with Crippen LogP contribution in [0, 0.1) is 6.92 Å². The molecule has 0 unspecified atom stereocenters. The lowest BCUT2D eigenvalue weighted by Gasteiger charge is -2.08. The monoisotopic (exact) mass is 196 g/mol. The SMILES string of the molecule is COc1cc(C)ccc1COC(=O)O. The summed E-state index contributed by atoms with van der Waals surface area (Å²) in [6, 6.07) is 5.50. The Balaban J connectivity index is 2.80. The van der Waals surface area contributed by atoms with Crippen LogP contribution in [0.1, 0.15) is 11.1 Å². The van der Waals surface area contributed by atoms with Crippen molar-refractivity contribution >= 4 is 6.16 Å². The molecule has 0 fully saturated rings. The summed E-state index contributed by atoms with van der Waals surface area (Å²) in [7, 11) is 1.54. The average molecular weight is 196 g/mol. The van der Waals surface area contributed by atoms with Crippen LogP contribution in [0.5, 0.6) is 5.75 Å². The van der Waals surface area contributed by atoms with Gasteiger partial charge in [-0.25, -0.2) is 4.79 Å².